The highest BCUT2D eigenvalue weighted by Crippen LogP contribution is 2.25. The van der Waals surface area contributed by atoms with Crippen molar-refractivity contribution in [1.29, 1.82) is 0 Å². The Morgan fingerprint density at radius 2 is 1.81 bits per heavy atom. The second-order valence-electron chi connectivity index (χ2n) is 4.35. The van der Waals surface area contributed by atoms with Crippen molar-refractivity contribution in [3.8, 4) is 0 Å². The van der Waals surface area contributed by atoms with E-state index in [-0.39, 0.29) is 11.4 Å². The SMILES string of the molecule is O=S(=O)(NCc1cccc(CBr)c1)c1ccc(Cl)c(Br)c1. The second kappa shape index (κ2) is 7.24. The van der Waals surface area contributed by atoms with Crippen molar-refractivity contribution in [3.63, 3.8) is 0 Å². The molecule has 0 fully saturated rings. The molecule has 0 aliphatic rings. The average molecular weight is 454 g/mol. The molecule has 0 saturated heterocycles. The second-order valence-corrected chi connectivity index (χ2v) is 7.94. The minimum atomic E-state index is -3.57. The van der Waals surface area contributed by atoms with Crippen LogP contribution < -0.4 is 4.72 Å². The highest BCUT2D eigenvalue weighted by atomic mass is 79.9. The van der Waals surface area contributed by atoms with E-state index < -0.39 is 10.0 Å². The number of benzene rings is 2. The van der Waals surface area contributed by atoms with Gasteiger partial charge in [-0.25, -0.2) is 13.1 Å². The molecule has 0 amide bonds. The Kier molecular flexibility index (Phi) is 5.85. The van der Waals surface area contributed by atoms with Crippen LogP contribution in [-0.4, -0.2) is 8.42 Å². The van der Waals surface area contributed by atoms with Crippen molar-refractivity contribution in [3.05, 3.63) is 63.1 Å². The van der Waals surface area contributed by atoms with E-state index in [0.717, 1.165) is 16.5 Å². The number of hydrogen-bond acceptors (Lipinski definition) is 2. The first kappa shape index (κ1) is 17.0. The Labute approximate surface area is 146 Å². The Bertz CT molecular complexity index is 750. The molecule has 2 rings (SSSR count). The highest BCUT2D eigenvalue weighted by molar-refractivity contribution is 9.10. The van der Waals surface area contributed by atoms with Crippen LogP contribution in [0.3, 0.4) is 0 Å². The number of sulfonamides is 1. The molecule has 2 aromatic carbocycles. The fourth-order valence-electron chi connectivity index (χ4n) is 1.73. The van der Waals surface area contributed by atoms with Crippen molar-refractivity contribution in [2.45, 2.75) is 16.8 Å². The normalized spacial score (nSPS) is 11.6. The molecule has 112 valence electrons. The van der Waals surface area contributed by atoms with E-state index in [1.54, 1.807) is 6.07 Å². The summed E-state index contributed by atoms with van der Waals surface area (Å²) in [5, 5.41) is 1.21. The lowest BCUT2D eigenvalue weighted by molar-refractivity contribution is 0.581. The highest BCUT2D eigenvalue weighted by Gasteiger charge is 2.15. The van der Waals surface area contributed by atoms with Gasteiger partial charge in [0.15, 0.2) is 0 Å². The van der Waals surface area contributed by atoms with Crippen LogP contribution in [0.2, 0.25) is 5.02 Å². The zero-order chi connectivity index (χ0) is 15.5. The molecule has 0 aromatic heterocycles. The minimum absolute atomic E-state index is 0.176. The molecule has 0 bridgehead atoms. The lowest BCUT2D eigenvalue weighted by atomic mass is 10.1. The van der Waals surface area contributed by atoms with Gasteiger partial charge in [0.25, 0.3) is 0 Å². The average Bonchev–Trinajstić information content (AvgIpc) is 2.48. The van der Waals surface area contributed by atoms with E-state index in [1.165, 1.54) is 12.1 Å². The van der Waals surface area contributed by atoms with Crippen LogP contribution in [0.4, 0.5) is 0 Å². The van der Waals surface area contributed by atoms with Gasteiger partial charge in [-0.1, -0.05) is 51.8 Å². The van der Waals surface area contributed by atoms with Crippen molar-refractivity contribution in [1.82, 2.24) is 4.72 Å². The van der Waals surface area contributed by atoms with Crippen molar-refractivity contribution in [2.24, 2.45) is 0 Å². The molecule has 0 spiro atoms. The molecular weight excluding hydrogens is 441 g/mol. The van der Waals surface area contributed by atoms with Crippen LogP contribution >= 0.6 is 43.5 Å². The monoisotopic (exact) mass is 451 g/mol. The largest absolute Gasteiger partial charge is 0.240 e. The van der Waals surface area contributed by atoms with Gasteiger partial charge in [0, 0.05) is 16.3 Å². The first-order valence-corrected chi connectivity index (χ1v) is 9.78. The first-order valence-electron chi connectivity index (χ1n) is 6.01. The maximum Gasteiger partial charge on any atom is 0.240 e. The van der Waals surface area contributed by atoms with Crippen LogP contribution in [0.15, 0.2) is 51.8 Å². The maximum absolute atomic E-state index is 12.2. The van der Waals surface area contributed by atoms with Gasteiger partial charge in [0.05, 0.1) is 9.92 Å². The van der Waals surface area contributed by atoms with Crippen LogP contribution in [0.1, 0.15) is 11.1 Å². The summed E-state index contributed by atoms with van der Waals surface area (Å²) in [6.07, 6.45) is 0. The van der Waals surface area contributed by atoms with Crippen molar-refractivity contribution in [2.75, 3.05) is 0 Å². The predicted molar refractivity (Wildman–Crippen MR) is 92.3 cm³/mol. The molecule has 2 aromatic rings. The summed E-state index contributed by atoms with van der Waals surface area (Å²) < 4.78 is 27.6. The number of nitrogens with one attached hydrogen (secondary N) is 1. The van der Waals surface area contributed by atoms with Crippen molar-refractivity contribution < 1.29 is 8.42 Å². The third-order valence-corrected chi connectivity index (χ3v) is 6.07. The van der Waals surface area contributed by atoms with Gasteiger partial charge >= 0.3 is 0 Å². The van der Waals surface area contributed by atoms with Crippen molar-refractivity contribution >= 4 is 53.5 Å². The molecule has 0 radical (unpaired) electrons. The predicted octanol–water partition coefficient (Wildman–Crippen LogP) is 4.48. The maximum atomic E-state index is 12.2. The number of hydrogen-bond donors (Lipinski definition) is 1. The quantitative estimate of drug-likeness (QED) is 0.679. The topological polar surface area (TPSA) is 46.2 Å². The Balaban J connectivity index is 2.15. The van der Waals surface area contributed by atoms with E-state index in [0.29, 0.717) is 9.50 Å². The summed E-state index contributed by atoms with van der Waals surface area (Å²) in [4.78, 5) is 0.176. The standard InChI is InChI=1S/C14H12Br2ClNO2S/c15-8-10-2-1-3-11(6-10)9-18-21(19,20)12-4-5-14(17)13(16)7-12/h1-7,18H,8-9H2. The zero-order valence-corrected chi connectivity index (χ0v) is 15.6. The third-order valence-electron chi connectivity index (χ3n) is 2.81. The molecule has 0 saturated carbocycles. The van der Waals surface area contributed by atoms with E-state index in [2.05, 4.69) is 36.6 Å². The van der Waals surface area contributed by atoms with Gasteiger partial charge < -0.3 is 0 Å². The third kappa shape index (κ3) is 4.53. The number of alkyl halides is 1. The van der Waals surface area contributed by atoms with Crippen LogP contribution in [0, 0.1) is 0 Å². The van der Waals surface area contributed by atoms with Gasteiger partial charge in [-0.15, -0.1) is 0 Å². The summed E-state index contributed by atoms with van der Waals surface area (Å²) in [5.41, 5.74) is 2.00. The fourth-order valence-corrected chi connectivity index (χ4v) is 3.77. The Hall–Kier alpha value is -0.400. The lowest BCUT2D eigenvalue weighted by Crippen LogP contribution is -2.23. The molecule has 0 unspecified atom stereocenters. The summed E-state index contributed by atoms with van der Waals surface area (Å²) >= 11 is 12.5. The summed E-state index contributed by atoms with van der Waals surface area (Å²) in [7, 11) is -3.57. The number of halogens is 3. The molecule has 0 heterocycles. The van der Waals surface area contributed by atoms with Crippen LogP contribution in [-0.2, 0) is 21.9 Å². The molecule has 0 aliphatic carbocycles. The molecule has 3 nitrogen and oxygen atoms in total. The summed E-state index contributed by atoms with van der Waals surface area (Å²) in [6.45, 7) is 0.240. The molecular formula is C14H12Br2ClNO2S. The smallest absolute Gasteiger partial charge is 0.207 e. The van der Waals surface area contributed by atoms with Gasteiger partial charge in [-0.2, -0.15) is 0 Å². The van der Waals surface area contributed by atoms with Crippen LogP contribution in [0.25, 0.3) is 0 Å². The van der Waals surface area contributed by atoms with Crippen LogP contribution in [0.5, 0.6) is 0 Å². The lowest BCUT2D eigenvalue weighted by Gasteiger charge is -2.08. The molecule has 21 heavy (non-hydrogen) atoms. The van der Waals surface area contributed by atoms with Gasteiger partial charge in [-0.05, 0) is 45.3 Å². The number of rotatable bonds is 5. The molecule has 1 N–H and O–H groups in total. The zero-order valence-electron chi connectivity index (χ0n) is 10.8. The van der Waals surface area contributed by atoms with Gasteiger partial charge in [0.1, 0.15) is 0 Å². The van der Waals surface area contributed by atoms with E-state index >= 15 is 0 Å². The van der Waals surface area contributed by atoms with E-state index in [9.17, 15) is 8.42 Å². The Morgan fingerprint density at radius 3 is 2.48 bits per heavy atom. The summed E-state index contributed by atoms with van der Waals surface area (Å²) in [5.74, 6) is 0. The first-order chi connectivity index (χ1) is 9.92. The molecule has 7 heteroatoms. The van der Waals surface area contributed by atoms with E-state index in [4.69, 9.17) is 11.6 Å². The molecule has 0 atom stereocenters. The minimum Gasteiger partial charge on any atom is -0.207 e. The van der Waals surface area contributed by atoms with Gasteiger partial charge in [-0.3, -0.25) is 0 Å². The fraction of sp³-hybridized carbons (Fsp3) is 0.143. The Morgan fingerprint density at radius 1 is 1.10 bits per heavy atom. The van der Waals surface area contributed by atoms with E-state index in [1.807, 2.05) is 24.3 Å². The summed E-state index contributed by atoms with van der Waals surface area (Å²) in [6, 6.07) is 12.2. The molecule has 0 aliphatic heterocycles. The van der Waals surface area contributed by atoms with Gasteiger partial charge in [0.2, 0.25) is 10.0 Å².